The van der Waals surface area contributed by atoms with Crippen LogP contribution in [0.1, 0.15) is 16.2 Å². The number of rotatable bonds is 3. The summed E-state index contributed by atoms with van der Waals surface area (Å²) in [4.78, 5) is 18.4. The molecule has 1 amide bonds. The number of aromatic nitrogens is 4. The van der Waals surface area contributed by atoms with Gasteiger partial charge in [-0.1, -0.05) is 0 Å². The third kappa shape index (κ3) is 2.22. The van der Waals surface area contributed by atoms with E-state index in [2.05, 4.69) is 20.4 Å². The minimum Gasteiger partial charge on any atom is -0.347 e. The number of imidazole rings is 1. The molecule has 6 heteroatoms. The Labute approximate surface area is 86.3 Å². The van der Waals surface area contributed by atoms with Gasteiger partial charge >= 0.3 is 0 Å². The van der Waals surface area contributed by atoms with Crippen LogP contribution in [0.3, 0.4) is 0 Å². The number of nitrogens with zero attached hydrogens (tertiary/aromatic N) is 3. The van der Waals surface area contributed by atoms with Gasteiger partial charge in [-0.25, -0.2) is 4.98 Å². The van der Waals surface area contributed by atoms with E-state index in [0.29, 0.717) is 12.1 Å². The van der Waals surface area contributed by atoms with Gasteiger partial charge in [0.05, 0.1) is 18.3 Å². The number of H-pyrrole nitrogens is 1. The van der Waals surface area contributed by atoms with Gasteiger partial charge in [0, 0.05) is 25.6 Å². The topological polar surface area (TPSA) is 75.6 Å². The van der Waals surface area contributed by atoms with Crippen LogP contribution < -0.4 is 5.32 Å². The van der Waals surface area contributed by atoms with Gasteiger partial charge in [0.1, 0.15) is 5.82 Å². The summed E-state index contributed by atoms with van der Waals surface area (Å²) in [7, 11) is 1.77. The van der Waals surface area contributed by atoms with Gasteiger partial charge in [-0.15, -0.1) is 0 Å². The first-order valence-corrected chi connectivity index (χ1v) is 4.51. The smallest absolute Gasteiger partial charge is 0.254 e. The summed E-state index contributed by atoms with van der Waals surface area (Å²) in [5.41, 5.74) is 0.545. The van der Waals surface area contributed by atoms with E-state index in [1.807, 2.05) is 0 Å². The molecule has 0 aliphatic carbocycles. The molecule has 0 aliphatic rings. The SMILES string of the molecule is Cn1cc(C(=O)NCc2ncc[nH]2)cn1. The molecule has 78 valence electrons. The number of hydrogen-bond donors (Lipinski definition) is 2. The molecule has 0 radical (unpaired) electrons. The molecule has 6 nitrogen and oxygen atoms in total. The van der Waals surface area contributed by atoms with E-state index >= 15 is 0 Å². The van der Waals surface area contributed by atoms with Gasteiger partial charge in [0.2, 0.25) is 0 Å². The fourth-order valence-electron chi connectivity index (χ4n) is 1.20. The molecule has 2 aromatic heterocycles. The van der Waals surface area contributed by atoms with Gasteiger partial charge in [-0.05, 0) is 0 Å². The van der Waals surface area contributed by atoms with E-state index in [-0.39, 0.29) is 5.91 Å². The molecule has 2 N–H and O–H groups in total. The van der Waals surface area contributed by atoms with Crippen LogP contribution in [0.2, 0.25) is 0 Å². The number of amides is 1. The molecule has 2 rings (SSSR count). The first-order chi connectivity index (χ1) is 7.25. The first kappa shape index (κ1) is 9.45. The Kier molecular flexibility index (Phi) is 2.49. The Morgan fingerprint density at radius 2 is 2.53 bits per heavy atom. The molecule has 2 aromatic rings. The Hall–Kier alpha value is -2.11. The highest BCUT2D eigenvalue weighted by Crippen LogP contribution is 1.96. The maximum absolute atomic E-state index is 11.5. The minimum atomic E-state index is -0.153. The molecule has 0 atom stereocenters. The minimum absolute atomic E-state index is 0.153. The van der Waals surface area contributed by atoms with Gasteiger partial charge in [0.15, 0.2) is 0 Å². The van der Waals surface area contributed by atoms with Crippen molar-refractivity contribution in [2.45, 2.75) is 6.54 Å². The third-order valence-corrected chi connectivity index (χ3v) is 1.94. The van der Waals surface area contributed by atoms with E-state index in [0.717, 1.165) is 5.82 Å². The molecule has 0 aliphatic heterocycles. The van der Waals surface area contributed by atoms with E-state index in [4.69, 9.17) is 0 Å². The van der Waals surface area contributed by atoms with Crippen molar-refractivity contribution >= 4 is 5.91 Å². The fourth-order valence-corrected chi connectivity index (χ4v) is 1.20. The Morgan fingerprint density at radius 3 is 3.13 bits per heavy atom. The second kappa shape index (κ2) is 3.95. The zero-order valence-electron chi connectivity index (χ0n) is 8.27. The number of hydrogen-bond acceptors (Lipinski definition) is 3. The van der Waals surface area contributed by atoms with Crippen molar-refractivity contribution in [3.63, 3.8) is 0 Å². The molecule has 0 saturated carbocycles. The zero-order chi connectivity index (χ0) is 10.7. The second-order valence-electron chi connectivity index (χ2n) is 3.12. The molecule has 0 fully saturated rings. The first-order valence-electron chi connectivity index (χ1n) is 4.51. The molecule has 0 spiro atoms. The van der Waals surface area contributed by atoms with Gasteiger partial charge in [0.25, 0.3) is 5.91 Å². The maximum Gasteiger partial charge on any atom is 0.254 e. The van der Waals surface area contributed by atoms with Crippen LogP contribution in [0, 0.1) is 0 Å². The lowest BCUT2D eigenvalue weighted by Crippen LogP contribution is -2.22. The predicted molar refractivity (Wildman–Crippen MR) is 53.0 cm³/mol. The van der Waals surface area contributed by atoms with E-state index in [1.165, 1.54) is 6.20 Å². The average Bonchev–Trinajstić information content (AvgIpc) is 2.84. The van der Waals surface area contributed by atoms with Crippen molar-refractivity contribution in [2.24, 2.45) is 7.05 Å². The van der Waals surface area contributed by atoms with Gasteiger partial charge in [-0.2, -0.15) is 5.10 Å². The predicted octanol–water partition coefficient (Wildman–Crippen LogP) is 0.0732. The summed E-state index contributed by atoms with van der Waals surface area (Å²) in [6, 6.07) is 0. The highest BCUT2D eigenvalue weighted by atomic mass is 16.1. The summed E-state index contributed by atoms with van der Waals surface area (Å²) in [6.45, 7) is 0.390. The van der Waals surface area contributed by atoms with Crippen LogP contribution in [0.25, 0.3) is 0 Å². The largest absolute Gasteiger partial charge is 0.347 e. The third-order valence-electron chi connectivity index (χ3n) is 1.94. The monoisotopic (exact) mass is 205 g/mol. The van der Waals surface area contributed by atoms with Crippen LogP contribution in [-0.2, 0) is 13.6 Å². The normalized spacial score (nSPS) is 10.2. The highest BCUT2D eigenvalue weighted by molar-refractivity contribution is 5.93. The lowest BCUT2D eigenvalue weighted by molar-refractivity contribution is 0.0950. The quantitative estimate of drug-likeness (QED) is 0.744. The Balaban J connectivity index is 1.93. The lowest BCUT2D eigenvalue weighted by atomic mass is 10.3. The van der Waals surface area contributed by atoms with Crippen molar-refractivity contribution < 1.29 is 4.79 Å². The van der Waals surface area contributed by atoms with Crippen LogP contribution in [0.5, 0.6) is 0 Å². The van der Waals surface area contributed by atoms with E-state index in [9.17, 15) is 4.79 Å². The van der Waals surface area contributed by atoms with Gasteiger partial charge in [-0.3, -0.25) is 9.48 Å². The molecular formula is C9H11N5O. The number of carbonyl (C=O) groups excluding carboxylic acids is 1. The number of aromatic amines is 1. The molecule has 0 saturated heterocycles. The average molecular weight is 205 g/mol. The highest BCUT2D eigenvalue weighted by Gasteiger charge is 2.07. The maximum atomic E-state index is 11.5. The molecule has 15 heavy (non-hydrogen) atoms. The number of nitrogens with one attached hydrogen (secondary N) is 2. The lowest BCUT2D eigenvalue weighted by Gasteiger charge is -1.99. The van der Waals surface area contributed by atoms with Crippen molar-refractivity contribution in [1.29, 1.82) is 0 Å². The molecule has 0 aromatic carbocycles. The summed E-state index contributed by atoms with van der Waals surface area (Å²) in [6.07, 6.45) is 6.55. The van der Waals surface area contributed by atoms with Crippen molar-refractivity contribution in [1.82, 2.24) is 25.1 Å². The molecular weight excluding hydrogens is 194 g/mol. The summed E-state index contributed by atoms with van der Waals surface area (Å²) < 4.78 is 1.59. The molecule has 2 heterocycles. The summed E-state index contributed by atoms with van der Waals surface area (Å²) in [5, 5.41) is 6.64. The number of carbonyl (C=O) groups is 1. The van der Waals surface area contributed by atoms with E-state index in [1.54, 1.807) is 30.3 Å². The standard InChI is InChI=1S/C9H11N5O/c1-14-6-7(4-13-14)9(15)12-5-8-10-2-3-11-8/h2-4,6H,5H2,1H3,(H,10,11)(H,12,15). The van der Waals surface area contributed by atoms with Gasteiger partial charge < -0.3 is 10.3 Å². The molecule has 0 bridgehead atoms. The van der Waals surface area contributed by atoms with Crippen molar-refractivity contribution in [2.75, 3.05) is 0 Å². The summed E-state index contributed by atoms with van der Waals surface area (Å²) in [5.74, 6) is 0.576. The van der Waals surface area contributed by atoms with Crippen molar-refractivity contribution in [3.8, 4) is 0 Å². The fraction of sp³-hybridized carbons (Fsp3) is 0.222. The van der Waals surface area contributed by atoms with Crippen molar-refractivity contribution in [3.05, 3.63) is 36.2 Å². The Bertz CT molecular complexity index is 445. The second-order valence-corrected chi connectivity index (χ2v) is 3.12. The van der Waals surface area contributed by atoms with E-state index < -0.39 is 0 Å². The number of aryl methyl sites for hydroxylation is 1. The van der Waals surface area contributed by atoms with Crippen LogP contribution >= 0.6 is 0 Å². The van der Waals surface area contributed by atoms with Crippen LogP contribution in [-0.4, -0.2) is 25.7 Å². The summed E-state index contributed by atoms with van der Waals surface area (Å²) >= 11 is 0. The van der Waals surface area contributed by atoms with Crippen LogP contribution in [0.4, 0.5) is 0 Å². The molecule has 0 unspecified atom stereocenters. The zero-order valence-corrected chi connectivity index (χ0v) is 8.27. The van der Waals surface area contributed by atoms with Crippen LogP contribution in [0.15, 0.2) is 24.8 Å². The Morgan fingerprint density at radius 1 is 1.67 bits per heavy atom.